The van der Waals surface area contributed by atoms with E-state index < -0.39 is 5.82 Å². The largest absolute Gasteiger partial charge is 0.378 e. The lowest BCUT2D eigenvalue weighted by atomic mass is 9.92. The quantitative estimate of drug-likeness (QED) is 0.861. The molecule has 0 bridgehead atoms. The molecule has 144 valence electrons. The normalized spacial score (nSPS) is 23.3. The van der Waals surface area contributed by atoms with Gasteiger partial charge in [0.15, 0.2) is 5.82 Å². The zero-order valence-electron chi connectivity index (χ0n) is 15.4. The summed E-state index contributed by atoms with van der Waals surface area (Å²) in [5, 5.41) is 3.35. The second kappa shape index (κ2) is 8.19. The Morgan fingerprint density at radius 1 is 1.15 bits per heavy atom. The number of nitrogens with one attached hydrogen (secondary N) is 1. The third-order valence-electron chi connectivity index (χ3n) is 5.34. The van der Waals surface area contributed by atoms with Crippen LogP contribution in [-0.2, 0) is 4.74 Å². The Hall–Kier alpha value is -2.25. The fourth-order valence-electron chi connectivity index (χ4n) is 3.76. The maximum absolute atomic E-state index is 14.5. The van der Waals surface area contributed by atoms with Crippen LogP contribution in [0.5, 0.6) is 0 Å². The van der Waals surface area contributed by atoms with Crippen LogP contribution >= 0.6 is 0 Å². The first kappa shape index (κ1) is 18.1. The van der Waals surface area contributed by atoms with Crippen molar-refractivity contribution in [3.63, 3.8) is 0 Å². The van der Waals surface area contributed by atoms with Crippen LogP contribution in [0.4, 0.5) is 16.0 Å². The lowest BCUT2D eigenvalue weighted by molar-refractivity contribution is 0.122. The van der Waals surface area contributed by atoms with Crippen molar-refractivity contribution in [1.29, 1.82) is 0 Å². The lowest BCUT2D eigenvalue weighted by Gasteiger charge is -2.29. The molecule has 2 fully saturated rings. The molecule has 1 aromatic carbocycles. The van der Waals surface area contributed by atoms with Gasteiger partial charge in [-0.25, -0.2) is 14.4 Å². The van der Waals surface area contributed by atoms with Gasteiger partial charge >= 0.3 is 0 Å². The monoisotopic (exact) mass is 371 g/mol. The summed E-state index contributed by atoms with van der Waals surface area (Å²) in [6.45, 7) is 3.11. The minimum Gasteiger partial charge on any atom is -0.378 e. The average molecular weight is 371 g/mol. The smallest absolute Gasteiger partial charge is 0.223 e. The van der Waals surface area contributed by atoms with Gasteiger partial charge < -0.3 is 20.7 Å². The number of halogens is 1. The van der Waals surface area contributed by atoms with Gasteiger partial charge in [-0.2, -0.15) is 0 Å². The number of hydrogen-bond donors (Lipinski definition) is 2. The van der Waals surface area contributed by atoms with Gasteiger partial charge in [0.1, 0.15) is 5.69 Å². The van der Waals surface area contributed by atoms with E-state index in [4.69, 9.17) is 10.5 Å². The second-order valence-corrected chi connectivity index (χ2v) is 7.30. The molecule has 1 saturated carbocycles. The summed E-state index contributed by atoms with van der Waals surface area (Å²) in [4.78, 5) is 10.9. The molecule has 0 radical (unpaired) electrons. The molecule has 7 heteroatoms. The molecule has 27 heavy (non-hydrogen) atoms. The highest BCUT2D eigenvalue weighted by atomic mass is 19.1. The number of morpholine rings is 1. The van der Waals surface area contributed by atoms with Crippen molar-refractivity contribution in [2.45, 2.75) is 37.8 Å². The molecule has 2 aromatic rings. The van der Waals surface area contributed by atoms with Gasteiger partial charge in [-0.3, -0.25) is 0 Å². The number of nitrogens with two attached hydrogens (primary N) is 1. The van der Waals surface area contributed by atoms with Crippen molar-refractivity contribution in [3.05, 3.63) is 36.3 Å². The van der Waals surface area contributed by atoms with Crippen LogP contribution in [0.3, 0.4) is 0 Å². The first-order valence-electron chi connectivity index (χ1n) is 9.67. The van der Waals surface area contributed by atoms with E-state index in [2.05, 4.69) is 20.2 Å². The number of benzene rings is 1. The summed E-state index contributed by atoms with van der Waals surface area (Å²) in [6.07, 6.45) is 5.22. The Morgan fingerprint density at radius 3 is 2.70 bits per heavy atom. The van der Waals surface area contributed by atoms with E-state index in [1.54, 1.807) is 0 Å². The molecule has 2 heterocycles. The van der Waals surface area contributed by atoms with Gasteiger partial charge in [0.05, 0.1) is 19.4 Å². The van der Waals surface area contributed by atoms with E-state index in [-0.39, 0.29) is 6.04 Å². The van der Waals surface area contributed by atoms with E-state index in [1.807, 2.05) is 24.3 Å². The molecule has 3 N–H and O–H groups in total. The van der Waals surface area contributed by atoms with Crippen molar-refractivity contribution in [1.82, 2.24) is 9.97 Å². The number of hydrogen-bond acceptors (Lipinski definition) is 6. The third kappa shape index (κ3) is 4.36. The highest BCUT2D eigenvalue weighted by molar-refractivity contribution is 5.67. The fraction of sp³-hybridized carbons (Fsp3) is 0.500. The van der Waals surface area contributed by atoms with E-state index >= 15 is 0 Å². The van der Waals surface area contributed by atoms with Gasteiger partial charge in [-0.15, -0.1) is 0 Å². The molecule has 6 nitrogen and oxygen atoms in total. The SMILES string of the molecule is NC1CCC(Nc2ncc(F)c(-c3cccc(N4CCOCC4)c3)n2)CC1. The average Bonchev–Trinajstić information content (AvgIpc) is 2.72. The maximum Gasteiger partial charge on any atom is 0.223 e. The Morgan fingerprint density at radius 2 is 1.93 bits per heavy atom. The minimum atomic E-state index is -0.412. The van der Waals surface area contributed by atoms with Crippen molar-refractivity contribution >= 4 is 11.6 Å². The number of anilines is 2. The molecule has 1 aromatic heterocycles. The summed E-state index contributed by atoms with van der Waals surface area (Å²) in [6, 6.07) is 8.44. The van der Waals surface area contributed by atoms with Crippen molar-refractivity contribution in [2.24, 2.45) is 5.73 Å². The van der Waals surface area contributed by atoms with Gasteiger partial charge in [-0.1, -0.05) is 12.1 Å². The standard InChI is InChI=1S/C20H26FN5O/c21-18-13-23-20(24-16-6-4-15(22)5-7-16)25-19(18)14-2-1-3-17(12-14)26-8-10-27-11-9-26/h1-3,12-13,15-16H,4-11,22H2,(H,23,24,25). The lowest BCUT2D eigenvalue weighted by Crippen LogP contribution is -2.36. The molecule has 2 aliphatic rings. The molecule has 0 atom stereocenters. The van der Waals surface area contributed by atoms with Crippen molar-refractivity contribution < 1.29 is 9.13 Å². The molecular formula is C20H26FN5O. The molecule has 0 unspecified atom stereocenters. The number of nitrogens with zero attached hydrogens (tertiary/aromatic N) is 3. The van der Waals surface area contributed by atoms with Gasteiger partial charge in [-0.05, 0) is 37.8 Å². The predicted molar refractivity (Wildman–Crippen MR) is 104 cm³/mol. The molecule has 1 aliphatic carbocycles. The van der Waals surface area contributed by atoms with Crippen LogP contribution < -0.4 is 16.0 Å². The van der Waals surface area contributed by atoms with Crippen molar-refractivity contribution in [3.8, 4) is 11.3 Å². The number of ether oxygens (including phenoxy) is 1. The Bertz CT molecular complexity index is 773. The van der Waals surface area contributed by atoms with E-state index in [0.29, 0.717) is 30.9 Å². The van der Waals surface area contributed by atoms with Gasteiger partial charge in [0.2, 0.25) is 5.95 Å². The predicted octanol–water partition coefficient (Wildman–Crippen LogP) is 2.80. The molecule has 4 rings (SSSR count). The Kier molecular flexibility index (Phi) is 5.50. The first-order chi connectivity index (χ1) is 13.2. The molecule has 1 aliphatic heterocycles. The zero-order valence-corrected chi connectivity index (χ0v) is 15.4. The maximum atomic E-state index is 14.5. The summed E-state index contributed by atoms with van der Waals surface area (Å²) in [5.74, 6) is 0.0639. The topological polar surface area (TPSA) is 76.3 Å². The number of rotatable bonds is 4. The van der Waals surface area contributed by atoms with Gasteiger partial charge in [0, 0.05) is 36.4 Å². The zero-order chi connectivity index (χ0) is 18.6. The second-order valence-electron chi connectivity index (χ2n) is 7.30. The van der Waals surface area contributed by atoms with Crippen LogP contribution in [0, 0.1) is 5.82 Å². The summed E-state index contributed by atoms with van der Waals surface area (Å²) >= 11 is 0. The summed E-state index contributed by atoms with van der Waals surface area (Å²) in [5.41, 5.74) is 8.11. The van der Waals surface area contributed by atoms with Crippen molar-refractivity contribution in [2.75, 3.05) is 36.5 Å². The molecule has 0 amide bonds. The van der Waals surface area contributed by atoms with Gasteiger partial charge in [0.25, 0.3) is 0 Å². The van der Waals surface area contributed by atoms with Crippen LogP contribution in [0.1, 0.15) is 25.7 Å². The summed E-state index contributed by atoms with van der Waals surface area (Å²) < 4.78 is 19.9. The van der Waals surface area contributed by atoms with Crippen LogP contribution in [0.25, 0.3) is 11.3 Å². The first-order valence-corrected chi connectivity index (χ1v) is 9.67. The molecule has 1 saturated heterocycles. The van der Waals surface area contributed by atoms with Crippen LogP contribution in [0.15, 0.2) is 30.5 Å². The highest BCUT2D eigenvalue weighted by Gasteiger charge is 2.20. The number of aromatic nitrogens is 2. The third-order valence-corrected chi connectivity index (χ3v) is 5.34. The van der Waals surface area contributed by atoms with Crippen LogP contribution in [0.2, 0.25) is 0 Å². The minimum absolute atomic E-state index is 0.288. The molecule has 0 spiro atoms. The highest BCUT2D eigenvalue weighted by Crippen LogP contribution is 2.27. The van der Waals surface area contributed by atoms with E-state index in [1.165, 1.54) is 6.20 Å². The Balaban J connectivity index is 1.54. The van der Waals surface area contributed by atoms with Crippen LogP contribution in [-0.4, -0.2) is 48.4 Å². The fourth-order valence-corrected chi connectivity index (χ4v) is 3.76. The van der Waals surface area contributed by atoms with E-state index in [0.717, 1.165) is 50.0 Å². The molecular weight excluding hydrogens is 345 g/mol. The summed E-state index contributed by atoms with van der Waals surface area (Å²) in [7, 11) is 0. The Labute approximate surface area is 158 Å². The van der Waals surface area contributed by atoms with E-state index in [9.17, 15) is 4.39 Å².